The summed E-state index contributed by atoms with van der Waals surface area (Å²) in [6.45, 7) is 14.0. The third-order valence-corrected chi connectivity index (χ3v) is 9.81. The van der Waals surface area contributed by atoms with Crippen LogP contribution < -0.4 is 21.3 Å². The number of hydrogen-bond donors (Lipinski definition) is 4. The van der Waals surface area contributed by atoms with Gasteiger partial charge in [-0.15, -0.1) is 0 Å². The minimum atomic E-state index is -1.16. The van der Waals surface area contributed by atoms with Gasteiger partial charge in [-0.05, 0) is 61.7 Å². The number of likely N-dealkylation sites (tertiary alicyclic amines) is 1. The number of halogens is 1. The second-order valence-corrected chi connectivity index (χ2v) is 15.1. The fraction of sp³-hybridized carbons (Fsp3) is 0.771. The molecule has 2 aliphatic carbocycles. The standard InChI is InChI=1S/C35H56FN5O6/c1-8-12-25(29(43)32(45)37-19-21(4)36)38-31(44)27-24(20(2)3)17-18-41(27)33(46)30(35(5,6)7)40-34(47)39-26(28(42)23-15-16-23)22-13-10-9-11-14-22/h20,22-27,30H,4,8-19H2,1-3,5-7H3,(H,37,45)(H,38,44)(H2,39,40,47)/t24-,25?,26+,27+,30-/m1/s1. The van der Waals surface area contributed by atoms with Crippen LogP contribution in [0.5, 0.6) is 0 Å². The van der Waals surface area contributed by atoms with Gasteiger partial charge in [0.25, 0.3) is 5.91 Å². The zero-order valence-corrected chi connectivity index (χ0v) is 29.1. The number of nitrogens with one attached hydrogen (secondary N) is 4. The fourth-order valence-corrected chi connectivity index (χ4v) is 6.97. The summed E-state index contributed by atoms with van der Waals surface area (Å²) < 4.78 is 13.1. The van der Waals surface area contributed by atoms with E-state index in [1.807, 2.05) is 34.6 Å². The lowest BCUT2D eigenvalue weighted by Gasteiger charge is -2.37. The van der Waals surface area contributed by atoms with Crippen molar-refractivity contribution in [2.45, 2.75) is 130 Å². The maximum atomic E-state index is 14.3. The molecule has 3 fully saturated rings. The maximum absolute atomic E-state index is 14.3. The van der Waals surface area contributed by atoms with Crippen LogP contribution in [0.2, 0.25) is 0 Å². The third kappa shape index (κ3) is 10.3. The number of nitrogens with zero attached hydrogens (tertiary/aromatic N) is 1. The van der Waals surface area contributed by atoms with Crippen LogP contribution >= 0.6 is 0 Å². The van der Waals surface area contributed by atoms with E-state index in [0.29, 0.717) is 12.8 Å². The van der Waals surface area contributed by atoms with Crippen LogP contribution in [0, 0.1) is 29.1 Å². The smallest absolute Gasteiger partial charge is 0.316 e. The van der Waals surface area contributed by atoms with Crippen molar-refractivity contribution in [2.24, 2.45) is 29.1 Å². The molecule has 2 saturated carbocycles. The first-order valence-electron chi connectivity index (χ1n) is 17.4. The van der Waals surface area contributed by atoms with Crippen LogP contribution in [0.1, 0.15) is 106 Å². The average Bonchev–Trinajstić information content (AvgIpc) is 3.77. The first-order valence-corrected chi connectivity index (χ1v) is 17.4. The third-order valence-electron chi connectivity index (χ3n) is 9.81. The maximum Gasteiger partial charge on any atom is 0.316 e. The predicted octanol–water partition coefficient (Wildman–Crippen LogP) is 3.95. The summed E-state index contributed by atoms with van der Waals surface area (Å²) in [5, 5.41) is 10.7. The van der Waals surface area contributed by atoms with Gasteiger partial charge in [0, 0.05) is 12.5 Å². The molecule has 11 nitrogen and oxygen atoms in total. The summed E-state index contributed by atoms with van der Waals surface area (Å²) in [4.78, 5) is 81.8. The minimum Gasteiger partial charge on any atom is -0.344 e. The van der Waals surface area contributed by atoms with Crippen LogP contribution in [0.15, 0.2) is 12.4 Å². The Kier molecular flexibility index (Phi) is 13.5. The lowest BCUT2D eigenvalue weighted by atomic mass is 9.81. The Labute approximate surface area is 279 Å². The van der Waals surface area contributed by atoms with Gasteiger partial charge < -0.3 is 26.2 Å². The van der Waals surface area contributed by atoms with Crippen LogP contribution in [0.4, 0.5) is 9.18 Å². The number of carbonyl (C=O) groups is 6. The number of hydrogen-bond acceptors (Lipinski definition) is 6. The summed E-state index contributed by atoms with van der Waals surface area (Å²) >= 11 is 0. The Hall–Kier alpha value is -3.31. The van der Waals surface area contributed by atoms with Crippen molar-refractivity contribution in [3.8, 4) is 0 Å². The molecule has 264 valence electrons. The molecule has 1 saturated heterocycles. The normalized spacial score (nSPS) is 22.2. The van der Waals surface area contributed by atoms with E-state index < -0.39 is 71.5 Å². The van der Waals surface area contributed by atoms with E-state index in [1.165, 1.54) is 4.90 Å². The van der Waals surface area contributed by atoms with Crippen molar-refractivity contribution in [1.82, 2.24) is 26.2 Å². The highest BCUT2D eigenvalue weighted by molar-refractivity contribution is 6.38. The zero-order chi connectivity index (χ0) is 35.1. The molecule has 1 heterocycles. The Morgan fingerprint density at radius 1 is 0.915 bits per heavy atom. The molecule has 0 bridgehead atoms. The van der Waals surface area contributed by atoms with Gasteiger partial charge in [-0.25, -0.2) is 9.18 Å². The molecule has 4 N–H and O–H groups in total. The summed E-state index contributed by atoms with van der Waals surface area (Å²) in [7, 11) is 0. The Morgan fingerprint density at radius 3 is 2.09 bits per heavy atom. The number of urea groups is 1. The number of rotatable bonds is 15. The highest BCUT2D eigenvalue weighted by Gasteiger charge is 2.48. The molecule has 3 rings (SSSR count). The molecule has 12 heteroatoms. The quantitative estimate of drug-likeness (QED) is 0.195. The zero-order valence-electron chi connectivity index (χ0n) is 29.1. The Bertz CT molecular complexity index is 1190. The molecule has 1 aliphatic heterocycles. The average molecular weight is 662 g/mol. The van der Waals surface area contributed by atoms with Gasteiger partial charge in [-0.2, -0.15) is 0 Å². The molecule has 0 aromatic rings. The van der Waals surface area contributed by atoms with Crippen molar-refractivity contribution in [3.63, 3.8) is 0 Å². The van der Waals surface area contributed by atoms with Crippen LogP contribution in [0.25, 0.3) is 0 Å². The molecule has 5 atom stereocenters. The predicted molar refractivity (Wildman–Crippen MR) is 177 cm³/mol. The Balaban J connectivity index is 1.81. The molecule has 0 aromatic carbocycles. The van der Waals surface area contributed by atoms with E-state index in [4.69, 9.17) is 0 Å². The first-order chi connectivity index (χ1) is 22.1. The van der Waals surface area contributed by atoms with Crippen LogP contribution in [-0.2, 0) is 24.0 Å². The molecule has 47 heavy (non-hydrogen) atoms. The molecule has 5 amide bonds. The van der Waals surface area contributed by atoms with Gasteiger partial charge in [-0.3, -0.25) is 24.0 Å². The number of carbonyl (C=O) groups excluding carboxylic acids is 6. The van der Waals surface area contributed by atoms with Crippen molar-refractivity contribution in [2.75, 3.05) is 13.1 Å². The number of ketones is 2. The minimum absolute atomic E-state index is 0.0109. The number of Topliss-reactive ketones (excluding diaryl/α,β-unsaturated/α-hetero) is 2. The van der Waals surface area contributed by atoms with E-state index in [2.05, 4.69) is 27.8 Å². The topological polar surface area (TPSA) is 154 Å². The summed E-state index contributed by atoms with van der Waals surface area (Å²) in [5.74, 6) is -3.84. The van der Waals surface area contributed by atoms with Crippen molar-refractivity contribution >= 4 is 35.3 Å². The van der Waals surface area contributed by atoms with E-state index >= 15 is 0 Å². The molecular formula is C35H56FN5O6. The second kappa shape index (κ2) is 16.7. The molecule has 0 aromatic heterocycles. The lowest BCUT2D eigenvalue weighted by Crippen LogP contribution is -2.62. The van der Waals surface area contributed by atoms with Crippen molar-refractivity contribution in [1.29, 1.82) is 0 Å². The molecule has 0 radical (unpaired) electrons. The van der Waals surface area contributed by atoms with Crippen LogP contribution in [0.3, 0.4) is 0 Å². The fourth-order valence-electron chi connectivity index (χ4n) is 6.97. The van der Waals surface area contributed by atoms with Crippen molar-refractivity contribution in [3.05, 3.63) is 12.4 Å². The van der Waals surface area contributed by atoms with E-state index in [-0.39, 0.29) is 42.4 Å². The molecular weight excluding hydrogens is 605 g/mol. The summed E-state index contributed by atoms with van der Waals surface area (Å²) in [5.41, 5.74) is -0.745. The lowest BCUT2D eigenvalue weighted by molar-refractivity contribution is -0.144. The molecule has 0 spiro atoms. The number of amides is 5. The Morgan fingerprint density at radius 2 is 1.55 bits per heavy atom. The second-order valence-electron chi connectivity index (χ2n) is 15.1. The monoisotopic (exact) mass is 661 g/mol. The van der Waals surface area contributed by atoms with Gasteiger partial charge in [0.1, 0.15) is 17.9 Å². The van der Waals surface area contributed by atoms with E-state index in [1.54, 1.807) is 6.92 Å². The largest absolute Gasteiger partial charge is 0.344 e. The summed E-state index contributed by atoms with van der Waals surface area (Å²) in [6, 6.07) is -4.29. The van der Waals surface area contributed by atoms with Gasteiger partial charge in [0.05, 0.1) is 18.6 Å². The van der Waals surface area contributed by atoms with E-state index in [9.17, 15) is 33.2 Å². The van der Waals surface area contributed by atoms with Gasteiger partial charge >= 0.3 is 6.03 Å². The first kappa shape index (κ1) is 38.1. The van der Waals surface area contributed by atoms with Gasteiger partial charge in [0.2, 0.25) is 17.6 Å². The van der Waals surface area contributed by atoms with Crippen LogP contribution in [-0.4, -0.2) is 77.5 Å². The van der Waals surface area contributed by atoms with Gasteiger partial charge in [0.15, 0.2) is 5.78 Å². The molecule has 3 aliphatic rings. The van der Waals surface area contributed by atoms with Crippen molar-refractivity contribution < 1.29 is 33.2 Å². The molecule has 1 unspecified atom stereocenters. The van der Waals surface area contributed by atoms with E-state index in [0.717, 1.165) is 44.9 Å². The highest BCUT2D eigenvalue weighted by Crippen LogP contribution is 2.36. The highest BCUT2D eigenvalue weighted by atomic mass is 19.1. The van der Waals surface area contributed by atoms with Gasteiger partial charge in [-0.1, -0.05) is 73.8 Å². The SMILES string of the molecule is C=C(F)CNC(=O)C(=O)C(CCC)NC(=O)[C@@H]1[C@@H](C(C)C)CCN1C(=O)[C@@H](NC(=O)N[C@H](C(=O)C1CC1)C1CCCCC1)C(C)(C)C. The summed E-state index contributed by atoms with van der Waals surface area (Å²) in [6.07, 6.45) is 7.78.